The minimum Gasteiger partial charge on any atom is -0.398 e. The molecule has 4 heteroatoms. The third kappa shape index (κ3) is 2.86. The number of nitrogens with two attached hydrogens (primary N) is 1. The SMILES string of the molecule is Nc1cc(F)ccc1SCC1CCOC1. The Morgan fingerprint density at radius 3 is 3.07 bits per heavy atom. The first-order valence-electron chi connectivity index (χ1n) is 5.01. The number of ether oxygens (including phenoxy) is 1. The Labute approximate surface area is 93.0 Å². The summed E-state index contributed by atoms with van der Waals surface area (Å²) >= 11 is 1.68. The van der Waals surface area contributed by atoms with Gasteiger partial charge in [0.25, 0.3) is 0 Å². The van der Waals surface area contributed by atoms with Crippen LogP contribution in [0.25, 0.3) is 0 Å². The van der Waals surface area contributed by atoms with Gasteiger partial charge in [0.2, 0.25) is 0 Å². The van der Waals surface area contributed by atoms with E-state index in [1.807, 2.05) is 0 Å². The largest absolute Gasteiger partial charge is 0.398 e. The smallest absolute Gasteiger partial charge is 0.125 e. The molecule has 0 aliphatic carbocycles. The number of anilines is 1. The van der Waals surface area contributed by atoms with Crippen LogP contribution in [0.5, 0.6) is 0 Å². The van der Waals surface area contributed by atoms with Crippen molar-refractivity contribution in [3.05, 3.63) is 24.0 Å². The van der Waals surface area contributed by atoms with Crippen molar-refractivity contribution in [1.29, 1.82) is 0 Å². The Balaban J connectivity index is 1.92. The number of halogens is 1. The molecule has 2 nitrogen and oxygen atoms in total. The highest BCUT2D eigenvalue weighted by molar-refractivity contribution is 7.99. The van der Waals surface area contributed by atoms with Crippen LogP contribution in [-0.2, 0) is 4.74 Å². The summed E-state index contributed by atoms with van der Waals surface area (Å²) in [7, 11) is 0. The van der Waals surface area contributed by atoms with Crippen molar-refractivity contribution in [3.63, 3.8) is 0 Å². The third-order valence-electron chi connectivity index (χ3n) is 2.47. The number of hydrogen-bond acceptors (Lipinski definition) is 3. The molecule has 1 fully saturated rings. The van der Waals surface area contributed by atoms with Gasteiger partial charge < -0.3 is 10.5 Å². The molecule has 1 heterocycles. The molecule has 2 N–H and O–H groups in total. The van der Waals surface area contributed by atoms with Crippen LogP contribution in [0.1, 0.15) is 6.42 Å². The normalized spacial score (nSPS) is 20.7. The van der Waals surface area contributed by atoms with E-state index in [0.717, 1.165) is 30.3 Å². The first-order chi connectivity index (χ1) is 7.25. The highest BCUT2D eigenvalue weighted by Crippen LogP contribution is 2.29. The van der Waals surface area contributed by atoms with Crippen molar-refractivity contribution < 1.29 is 9.13 Å². The monoisotopic (exact) mass is 227 g/mol. The molecule has 1 unspecified atom stereocenters. The minimum atomic E-state index is -0.277. The van der Waals surface area contributed by atoms with Crippen molar-refractivity contribution in [3.8, 4) is 0 Å². The lowest BCUT2D eigenvalue weighted by molar-refractivity contribution is 0.189. The van der Waals surface area contributed by atoms with Crippen LogP contribution in [0, 0.1) is 11.7 Å². The van der Waals surface area contributed by atoms with Crippen LogP contribution in [0.3, 0.4) is 0 Å². The van der Waals surface area contributed by atoms with Gasteiger partial charge in [-0.3, -0.25) is 0 Å². The van der Waals surface area contributed by atoms with E-state index in [2.05, 4.69) is 0 Å². The van der Waals surface area contributed by atoms with Gasteiger partial charge in [0.1, 0.15) is 5.82 Å². The zero-order valence-electron chi connectivity index (χ0n) is 8.41. The number of thioether (sulfide) groups is 1. The summed E-state index contributed by atoms with van der Waals surface area (Å²) in [5.74, 6) is 1.33. The van der Waals surface area contributed by atoms with Gasteiger partial charge in [-0.25, -0.2) is 4.39 Å². The second kappa shape index (κ2) is 4.86. The first kappa shape index (κ1) is 10.8. The highest BCUT2D eigenvalue weighted by Gasteiger charge is 2.16. The third-order valence-corrected chi connectivity index (χ3v) is 3.79. The van der Waals surface area contributed by atoms with Gasteiger partial charge in [-0.1, -0.05) is 0 Å². The van der Waals surface area contributed by atoms with E-state index in [9.17, 15) is 4.39 Å². The molecule has 1 aromatic rings. The molecule has 0 spiro atoms. The van der Waals surface area contributed by atoms with E-state index < -0.39 is 0 Å². The van der Waals surface area contributed by atoms with Crippen LogP contribution >= 0.6 is 11.8 Å². The predicted octanol–water partition coefficient (Wildman–Crippen LogP) is 2.54. The first-order valence-corrected chi connectivity index (χ1v) is 6.00. The maximum Gasteiger partial charge on any atom is 0.125 e. The molecule has 1 atom stereocenters. The average Bonchev–Trinajstić information content (AvgIpc) is 2.69. The number of hydrogen-bond donors (Lipinski definition) is 1. The molecule has 15 heavy (non-hydrogen) atoms. The van der Waals surface area contributed by atoms with Crippen molar-refractivity contribution in [2.24, 2.45) is 5.92 Å². The van der Waals surface area contributed by atoms with E-state index in [1.54, 1.807) is 17.8 Å². The lowest BCUT2D eigenvalue weighted by atomic mass is 10.2. The molecular weight excluding hydrogens is 213 g/mol. The maximum absolute atomic E-state index is 12.8. The quantitative estimate of drug-likeness (QED) is 0.636. The van der Waals surface area contributed by atoms with Crippen LogP contribution in [0.2, 0.25) is 0 Å². The maximum atomic E-state index is 12.8. The number of nitrogen functional groups attached to an aromatic ring is 1. The second-order valence-electron chi connectivity index (χ2n) is 3.72. The van der Waals surface area contributed by atoms with Gasteiger partial charge in [-0.05, 0) is 30.5 Å². The molecule has 2 rings (SSSR count). The molecular formula is C11H14FNOS. The van der Waals surface area contributed by atoms with Crippen molar-refractivity contribution >= 4 is 17.4 Å². The van der Waals surface area contributed by atoms with E-state index in [0.29, 0.717) is 11.6 Å². The summed E-state index contributed by atoms with van der Waals surface area (Å²) in [4.78, 5) is 0.961. The Morgan fingerprint density at radius 2 is 2.40 bits per heavy atom. The molecule has 82 valence electrons. The lowest BCUT2D eigenvalue weighted by Gasteiger charge is -2.08. The van der Waals surface area contributed by atoms with Crippen molar-refractivity contribution in [2.45, 2.75) is 11.3 Å². The van der Waals surface area contributed by atoms with Crippen LogP contribution in [0.15, 0.2) is 23.1 Å². The summed E-state index contributed by atoms with van der Waals surface area (Å²) < 4.78 is 18.1. The van der Waals surface area contributed by atoms with Gasteiger partial charge in [0.05, 0.1) is 6.61 Å². The zero-order chi connectivity index (χ0) is 10.7. The van der Waals surface area contributed by atoms with Crippen LogP contribution in [-0.4, -0.2) is 19.0 Å². The molecule has 1 aliphatic heterocycles. The summed E-state index contributed by atoms with van der Waals surface area (Å²) in [6, 6.07) is 4.56. The standard InChI is InChI=1S/C11H14FNOS/c12-9-1-2-11(10(13)5-9)15-7-8-3-4-14-6-8/h1-2,5,8H,3-4,6-7,13H2. The number of benzene rings is 1. The van der Waals surface area contributed by atoms with E-state index >= 15 is 0 Å². The minimum absolute atomic E-state index is 0.277. The summed E-state index contributed by atoms with van der Waals surface area (Å²) in [6.45, 7) is 1.71. The van der Waals surface area contributed by atoms with Crippen molar-refractivity contribution in [1.82, 2.24) is 0 Å². The molecule has 0 saturated carbocycles. The summed E-state index contributed by atoms with van der Waals surface area (Å²) in [5.41, 5.74) is 6.24. The lowest BCUT2D eigenvalue weighted by Crippen LogP contribution is -2.02. The number of rotatable bonds is 3. The van der Waals surface area contributed by atoms with Gasteiger partial charge in [0, 0.05) is 22.9 Å². The topological polar surface area (TPSA) is 35.2 Å². The van der Waals surface area contributed by atoms with E-state index in [-0.39, 0.29) is 5.82 Å². The predicted molar refractivity (Wildman–Crippen MR) is 60.5 cm³/mol. The Bertz CT molecular complexity index is 339. The second-order valence-corrected chi connectivity index (χ2v) is 4.78. The van der Waals surface area contributed by atoms with Crippen LogP contribution < -0.4 is 5.73 Å². The van der Waals surface area contributed by atoms with Gasteiger partial charge in [-0.15, -0.1) is 11.8 Å². The fourth-order valence-corrected chi connectivity index (χ4v) is 2.64. The molecule has 0 radical (unpaired) electrons. The van der Waals surface area contributed by atoms with Gasteiger partial charge >= 0.3 is 0 Å². The molecule has 1 saturated heterocycles. The zero-order valence-corrected chi connectivity index (χ0v) is 9.23. The Hall–Kier alpha value is -0.740. The Kier molecular flexibility index (Phi) is 3.49. The molecule has 0 amide bonds. The fraction of sp³-hybridized carbons (Fsp3) is 0.455. The molecule has 0 bridgehead atoms. The van der Waals surface area contributed by atoms with Crippen molar-refractivity contribution in [2.75, 3.05) is 24.7 Å². The van der Waals surface area contributed by atoms with E-state index in [4.69, 9.17) is 10.5 Å². The highest BCUT2D eigenvalue weighted by atomic mass is 32.2. The summed E-state index contributed by atoms with van der Waals surface area (Å²) in [6.07, 6.45) is 1.12. The average molecular weight is 227 g/mol. The van der Waals surface area contributed by atoms with Gasteiger partial charge in [0.15, 0.2) is 0 Å². The summed E-state index contributed by atoms with van der Waals surface area (Å²) in [5, 5.41) is 0. The fourth-order valence-electron chi connectivity index (χ4n) is 1.57. The Morgan fingerprint density at radius 1 is 1.53 bits per heavy atom. The molecule has 1 aromatic carbocycles. The van der Waals surface area contributed by atoms with Gasteiger partial charge in [-0.2, -0.15) is 0 Å². The molecule has 1 aliphatic rings. The van der Waals surface area contributed by atoms with E-state index in [1.165, 1.54) is 12.1 Å². The van der Waals surface area contributed by atoms with Crippen LogP contribution in [0.4, 0.5) is 10.1 Å². The molecule has 0 aromatic heterocycles.